The number of carbonyl (C=O) groups excluding carboxylic acids is 1. The van der Waals surface area contributed by atoms with Crippen molar-refractivity contribution in [1.82, 2.24) is 30.0 Å². The Morgan fingerprint density at radius 2 is 1.91 bits per heavy atom. The van der Waals surface area contributed by atoms with Crippen molar-refractivity contribution < 1.29 is 13.9 Å². The van der Waals surface area contributed by atoms with Crippen LogP contribution in [0.25, 0.3) is 28.2 Å². The van der Waals surface area contributed by atoms with Crippen LogP contribution in [-0.4, -0.2) is 84.0 Å². The van der Waals surface area contributed by atoms with Gasteiger partial charge in [-0.2, -0.15) is 10.1 Å². The summed E-state index contributed by atoms with van der Waals surface area (Å²) in [4.78, 5) is 26.4. The zero-order valence-electron chi connectivity index (χ0n) is 20.0. The van der Waals surface area contributed by atoms with Gasteiger partial charge < -0.3 is 24.3 Å². The highest BCUT2D eigenvalue weighted by atomic mass is 16.5. The molecule has 1 amide bonds. The fraction of sp³-hybridized carbons (Fsp3) is 0.360. The molecule has 4 aromatic rings. The number of anilines is 1. The third-order valence-electron chi connectivity index (χ3n) is 5.84. The summed E-state index contributed by atoms with van der Waals surface area (Å²) in [5, 5.41) is 7.42. The van der Waals surface area contributed by atoms with Crippen LogP contribution in [0.2, 0.25) is 0 Å². The summed E-state index contributed by atoms with van der Waals surface area (Å²) in [6.07, 6.45) is 4.54. The Bertz CT molecular complexity index is 1290. The normalized spacial score (nSPS) is 14.1. The Hall–Kier alpha value is -3.76. The first-order chi connectivity index (χ1) is 17.1. The van der Waals surface area contributed by atoms with E-state index in [1.807, 2.05) is 50.6 Å². The van der Waals surface area contributed by atoms with Gasteiger partial charge in [-0.3, -0.25) is 4.79 Å². The summed E-state index contributed by atoms with van der Waals surface area (Å²) in [7, 11) is 4.01. The van der Waals surface area contributed by atoms with Gasteiger partial charge in [-0.05, 0) is 32.6 Å². The molecule has 0 saturated carbocycles. The molecule has 0 aliphatic carbocycles. The highest BCUT2D eigenvalue weighted by Gasteiger charge is 2.23. The molecule has 1 N–H and O–H groups in total. The number of amides is 1. The van der Waals surface area contributed by atoms with E-state index in [0.29, 0.717) is 55.7 Å². The maximum Gasteiger partial charge on any atom is 0.287 e. The van der Waals surface area contributed by atoms with E-state index < -0.39 is 0 Å². The number of hydrogen-bond donors (Lipinski definition) is 1. The van der Waals surface area contributed by atoms with E-state index in [-0.39, 0.29) is 11.7 Å². The van der Waals surface area contributed by atoms with Crippen LogP contribution in [0.4, 0.5) is 5.82 Å². The average molecular weight is 476 g/mol. The predicted molar refractivity (Wildman–Crippen MR) is 133 cm³/mol. The number of aromatic nitrogens is 4. The van der Waals surface area contributed by atoms with E-state index in [2.05, 4.69) is 25.2 Å². The third-order valence-corrected chi connectivity index (χ3v) is 5.84. The number of ether oxygens (including phenoxy) is 1. The molecule has 5 rings (SSSR count). The molecule has 0 atom stereocenters. The second-order valence-corrected chi connectivity index (χ2v) is 8.72. The van der Waals surface area contributed by atoms with Crippen LogP contribution < -0.4 is 10.2 Å². The number of rotatable bonds is 8. The minimum Gasteiger partial charge on any atom is -0.445 e. The lowest BCUT2D eigenvalue weighted by Gasteiger charge is -2.27. The zero-order valence-corrected chi connectivity index (χ0v) is 20.0. The van der Waals surface area contributed by atoms with Crippen molar-refractivity contribution in [2.75, 3.05) is 58.4 Å². The number of benzene rings is 1. The number of fused-ring (bicyclic) bond motifs is 1. The number of nitrogens with zero attached hydrogens (tertiary/aromatic N) is 6. The monoisotopic (exact) mass is 475 g/mol. The molecule has 182 valence electrons. The lowest BCUT2D eigenvalue weighted by Crippen LogP contribution is -2.37. The lowest BCUT2D eigenvalue weighted by atomic mass is 10.1. The molecule has 1 aliphatic heterocycles. The van der Waals surface area contributed by atoms with Gasteiger partial charge in [0.15, 0.2) is 17.2 Å². The molecule has 1 saturated heterocycles. The molecule has 0 bridgehead atoms. The van der Waals surface area contributed by atoms with E-state index in [4.69, 9.17) is 14.1 Å². The number of morpholine rings is 1. The van der Waals surface area contributed by atoms with Crippen molar-refractivity contribution in [1.29, 1.82) is 0 Å². The second-order valence-electron chi connectivity index (χ2n) is 8.72. The summed E-state index contributed by atoms with van der Waals surface area (Å²) in [5.74, 6) is 1.01. The fourth-order valence-electron chi connectivity index (χ4n) is 4.00. The Balaban J connectivity index is 1.47. The van der Waals surface area contributed by atoms with Gasteiger partial charge in [-0.1, -0.05) is 30.3 Å². The van der Waals surface area contributed by atoms with Crippen LogP contribution in [-0.2, 0) is 4.74 Å². The molecule has 35 heavy (non-hydrogen) atoms. The topological polar surface area (TPSA) is 102 Å². The number of furan rings is 1. The zero-order chi connectivity index (χ0) is 24.2. The Labute approximate surface area is 203 Å². The molecule has 1 aromatic carbocycles. The Morgan fingerprint density at radius 1 is 1.11 bits per heavy atom. The standard InChI is InChI=1S/C25H29N7O3/c1-30(2)10-6-9-26-24(33)21-15-20-22(35-21)23(31-11-13-34-14-12-31)29-25(28-20)32-17-19(16-27-32)18-7-4-3-5-8-18/h3-5,7-8,15-17H,6,9-14H2,1-2H3,(H,26,33). The van der Waals surface area contributed by atoms with Crippen LogP contribution in [0.15, 0.2) is 53.2 Å². The van der Waals surface area contributed by atoms with E-state index in [9.17, 15) is 4.79 Å². The summed E-state index contributed by atoms with van der Waals surface area (Å²) in [6.45, 7) is 4.00. The molecule has 0 unspecified atom stereocenters. The number of carbonyl (C=O) groups is 1. The van der Waals surface area contributed by atoms with Crippen LogP contribution in [0, 0.1) is 0 Å². The van der Waals surface area contributed by atoms with E-state index in [1.165, 1.54) is 0 Å². The van der Waals surface area contributed by atoms with Crippen LogP contribution >= 0.6 is 0 Å². The van der Waals surface area contributed by atoms with Gasteiger partial charge in [0.1, 0.15) is 5.52 Å². The molecule has 4 heterocycles. The highest BCUT2D eigenvalue weighted by molar-refractivity contribution is 5.97. The second kappa shape index (κ2) is 10.2. The average Bonchev–Trinajstić information content (AvgIpc) is 3.55. The van der Waals surface area contributed by atoms with E-state index >= 15 is 0 Å². The highest BCUT2D eigenvalue weighted by Crippen LogP contribution is 2.29. The third kappa shape index (κ3) is 5.18. The van der Waals surface area contributed by atoms with Crippen molar-refractivity contribution >= 4 is 22.8 Å². The summed E-state index contributed by atoms with van der Waals surface area (Å²) < 4.78 is 13.2. The molecule has 0 radical (unpaired) electrons. The van der Waals surface area contributed by atoms with Crippen molar-refractivity contribution in [2.24, 2.45) is 0 Å². The first-order valence-electron chi connectivity index (χ1n) is 11.8. The number of hydrogen-bond acceptors (Lipinski definition) is 8. The molecule has 10 heteroatoms. The maximum atomic E-state index is 12.7. The molecule has 1 aliphatic rings. The molecular formula is C25H29N7O3. The van der Waals surface area contributed by atoms with Crippen molar-refractivity contribution in [2.45, 2.75) is 6.42 Å². The van der Waals surface area contributed by atoms with Gasteiger partial charge in [0.2, 0.25) is 0 Å². The van der Waals surface area contributed by atoms with Crippen LogP contribution in [0.5, 0.6) is 0 Å². The molecule has 1 fully saturated rings. The van der Waals surface area contributed by atoms with Gasteiger partial charge in [0, 0.05) is 37.5 Å². The smallest absolute Gasteiger partial charge is 0.287 e. The minimum absolute atomic E-state index is 0.219. The maximum absolute atomic E-state index is 12.7. The minimum atomic E-state index is -0.262. The van der Waals surface area contributed by atoms with Gasteiger partial charge in [-0.25, -0.2) is 9.67 Å². The summed E-state index contributed by atoms with van der Waals surface area (Å²) in [6, 6.07) is 11.7. The van der Waals surface area contributed by atoms with Gasteiger partial charge >= 0.3 is 0 Å². The Morgan fingerprint density at radius 3 is 2.69 bits per heavy atom. The van der Waals surface area contributed by atoms with E-state index in [1.54, 1.807) is 16.9 Å². The fourth-order valence-corrected chi connectivity index (χ4v) is 4.00. The van der Waals surface area contributed by atoms with Crippen molar-refractivity contribution in [3.05, 3.63) is 54.6 Å². The number of nitrogens with one attached hydrogen (secondary N) is 1. The van der Waals surface area contributed by atoms with Gasteiger partial charge in [0.25, 0.3) is 11.9 Å². The van der Waals surface area contributed by atoms with Gasteiger partial charge in [0.05, 0.1) is 19.4 Å². The lowest BCUT2D eigenvalue weighted by molar-refractivity contribution is 0.0926. The summed E-state index contributed by atoms with van der Waals surface area (Å²) in [5.41, 5.74) is 3.08. The van der Waals surface area contributed by atoms with Crippen LogP contribution in [0.3, 0.4) is 0 Å². The summed E-state index contributed by atoms with van der Waals surface area (Å²) >= 11 is 0. The quantitative estimate of drug-likeness (QED) is 0.388. The SMILES string of the molecule is CN(C)CCCNC(=O)c1cc2nc(-n3cc(-c4ccccc4)cn3)nc(N3CCOCC3)c2o1. The molecule has 3 aromatic heterocycles. The largest absolute Gasteiger partial charge is 0.445 e. The van der Waals surface area contributed by atoms with Crippen molar-refractivity contribution in [3.8, 4) is 17.1 Å². The van der Waals surface area contributed by atoms with Crippen molar-refractivity contribution in [3.63, 3.8) is 0 Å². The molecule has 0 spiro atoms. The van der Waals surface area contributed by atoms with Gasteiger partial charge in [-0.15, -0.1) is 0 Å². The molecular weight excluding hydrogens is 446 g/mol. The first kappa shape index (κ1) is 23.0. The first-order valence-corrected chi connectivity index (χ1v) is 11.8. The Kier molecular flexibility index (Phi) is 6.73. The molecule has 10 nitrogen and oxygen atoms in total. The van der Waals surface area contributed by atoms with E-state index in [0.717, 1.165) is 24.1 Å². The van der Waals surface area contributed by atoms with Crippen LogP contribution in [0.1, 0.15) is 17.0 Å². The predicted octanol–water partition coefficient (Wildman–Crippen LogP) is 2.59.